The van der Waals surface area contributed by atoms with E-state index < -0.39 is 0 Å². The van der Waals surface area contributed by atoms with Crippen molar-refractivity contribution < 1.29 is 9.59 Å². The van der Waals surface area contributed by atoms with Gasteiger partial charge in [-0.1, -0.05) is 48.5 Å². The van der Waals surface area contributed by atoms with Crippen LogP contribution >= 0.6 is 0 Å². The number of hydrogen-bond donors (Lipinski definition) is 1. The minimum absolute atomic E-state index is 0.0539. The molecular formula is C25H27N5O2. The van der Waals surface area contributed by atoms with Crippen molar-refractivity contribution in [1.29, 1.82) is 0 Å². The molecule has 2 aromatic carbocycles. The summed E-state index contributed by atoms with van der Waals surface area (Å²) in [5.41, 5.74) is 1.58. The van der Waals surface area contributed by atoms with Crippen molar-refractivity contribution in [2.75, 3.05) is 31.1 Å². The van der Waals surface area contributed by atoms with Crippen molar-refractivity contribution in [3.63, 3.8) is 0 Å². The molecule has 7 nitrogen and oxygen atoms in total. The predicted molar refractivity (Wildman–Crippen MR) is 124 cm³/mol. The highest BCUT2D eigenvalue weighted by molar-refractivity contribution is 5.94. The lowest BCUT2D eigenvalue weighted by Crippen LogP contribution is -2.50. The zero-order valence-corrected chi connectivity index (χ0v) is 18.1. The van der Waals surface area contributed by atoms with Crippen molar-refractivity contribution in [3.05, 3.63) is 78.5 Å². The van der Waals surface area contributed by atoms with E-state index in [2.05, 4.69) is 15.2 Å². The van der Waals surface area contributed by atoms with Gasteiger partial charge in [0.15, 0.2) is 5.82 Å². The molecule has 1 unspecified atom stereocenters. The van der Waals surface area contributed by atoms with Gasteiger partial charge in [0, 0.05) is 56.0 Å². The number of benzene rings is 2. The highest BCUT2D eigenvalue weighted by atomic mass is 16.2. The normalized spacial score (nSPS) is 14.7. The first-order valence-corrected chi connectivity index (χ1v) is 10.9. The fourth-order valence-corrected chi connectivity index (χ4v) is 3.78. The average Bonchev–Trinajstić information content (AvgIpc) is 2.85. The first kappa shape index (κ1) is 21.5. The van der Waals surface area contributed by atoms with E-state index in [9.17, 15) is 9.59 Å². The lowest BCUT2D eigenvalue weighted by atomic mass is 10.1. The SMILES string of the molecule is CC(CC(=O)N1CCN(c2ccnc(-c3ccccc3)n2)CC1)NC(=O)c1ccccc1. The van der Waals surface area contributed by atoms with Gasteiger partial charge in [-0.3, -0.25) is 9.59 Å². The smallest absolute Gasteiger partial charge is 0.251 e. The summed E-state index contributed by atoms with van der Waals surface area (Å²) in [7, 11) is 0. The van der Waals surface area contributed by atoms with Crippen molar-refractivity contribution in [3.8, 4) is 11.4 Å². The Morgan fingerprint density at radius 2 is 1.59 bits per heavy atom. The van der Waals surface area contributed by atoms with Crippen LogP contribution in [0.1, 0.15) is 23.7 Å². The van der Waals surface area contributed by atoms with Crippen LogP contribution in [0.25, 0.3) is 11.4 Å². The summed E-state index contributed by atoms with van der Waals surface area (Å²) < 4.78 is 0. The third kappa shape index (κ3) is 5.29. The quantitative estimate of drug-likeness (QED) is 0.652. The molecule has 7 heteroatoms. The summed E-state index contributed by atoms with van der Waals surface area (Å²) in [6, 6.07) is 20.6. The number of rotatable bonds is 6. The fraction of sp³-hybridized carbons (Fsp3) is 0.280. The summed E-state index contributed by atoms with van der Waals surface area (Å²) in [6.07, 6.45) is 2.06. The number of anilines is 1. The number of aromatic nitrogens is 2. The van der Waals surface area contributed by atoms with Crippen molar-refractivity contribution in [2.24, 2.45) is 0 Å². The Morgan fingerprint density at radius 3 is 2.28 bits per heavy atom. The summed E-state index contributed by atoms with van der Waals surface area (Å²) in [5, 5.41) is 2.91. The Labute approximate surface area is 188 Å². The maximum atomic E-state index is 12.7. The monoisotopic (exact) mass is 429 g/mol. The molecule has 1 aromatic heterocycles. The number of piperazine rings is 1. The fourth-order valence-electron chi connectivity index (χ4n) is 3.78. The van der Waals surface area contributed by atoms with E-state index in [0.29, 0.717) is 37.6 Å². The van der Waals surface area contributed by atoms with E-state index in [4.69, 9.17) is 4.98 Å². The number of carbonyl (C=O) groups is 2. The largest absolute Gasteiger partial charge is 0.353 e. The third-order valence-corrected chi connectivity index (χ3v) is 5.52. The Bertz CT molecular complexity index is 1050. The highest BCUT2D eigenvalue weighted by Crippen LogP contribution is 2.19. The topological polar surface area (TPSA) is 78.4 Å². The van der Waals surface area contributed by atoms with E-state index in [1.54, 1.807) is 18.3 Å². The molecule has 32 heavy (non-hydrogen) atoms. The summed E-state index contributed by atoms with van der Waals surface area (Å²) in [4.78, 5) is 38.2. The first-order chi connectivity index (χ1) is 15.6. The second kappa shape index (κ2) is 10.0. The van der Waals surface area contributed by atoms with Crippen molar-refractivity contribution in [1.82, 2.24) is 20.2 Å². The molecule has 1 N–H and O–H groups in total. The molecule has 1 atom stereocenters. The second-order valence-electron chi connectivity index (χ2n) is 7.92. The van der Waals surface area contributed by atoms with Crippen LogP contribution in [0.3, 0.4) is 0 Å². The molecule has 0 radical (unpaired) electrons. The van der Waals surface area contributed by atoms with E-state index in [-0.39, 0.29) is 24.3 Å². The second-order valence-corrected chi connectivity index (χ2v) is 7.92. The Balaban J connectivity index is 1.29. The van der Waals surface area contributed by atoms with Gasteiger partial charge in [-0.15, -0.1) is 0 Å². The van der Waals surface area contributed by atoms with Gasteiger partial charge in [0.25, 0.3) is 5.91 Å². The zero-order chi connectivity index (χ0) is 22.3. The van der Waals surface area contributed by atoms with E-state index in [0.717, 1.165) is 11.4 Å². The molecule has 2 amide bonds. The molecule has 1 aliphatic rings. The molecule has 4 rings (SSSR count). The van der Waals surface area contributed by atoms with Crippen LogP contribution in [0.5, 0.6) is 0 Å². The third-order valence-electron chi connectivity index (χ3n) is 5.52. The summed E-state index contributed by atoms with van der Waals surface area (Å²) >= 11 is 0. The van der Waals surface area contributed by atoms with Crippen LogP contribution in [0.4, 0.5) is 5.82 Å². The summed E-state index contributed by atoms with van der Waals surface area (Å²) in [5.74, 6) is 1.46. The van der Waals surface area contributed by atoms with Crippen LogP contribution < -0.4 is 10.2 Å². The molecule has 164 valence electrons. The molecule has 0 saturated carbocycles. The molecule has 1 saturated heterocycles. The Morgan fingerprint density at radius 1 is 0.938 bits per heavy atom. The number of carbonyl (C=O) groups excluding carboxylic acids is 2. The van der Waals surface area contributed by atoms with Gasteiger partial charge in [0.2, 0.25) is 5.91 Å². The standard InChI is InChI=1S/C25H27N5O2/c1-19(27-25(32)21-10-6-3-7-11-21)18-23(31)30-16-14-29(15-17-30)22-12-13-26-24(28-22)20-8-4-2-5-9-20/h2-13,19H,14-18H2,1H3,(H,27,32). The van der Waals surface area contributed by atoms with Gasteiger partial charge in [-0.05, 0) is 25.1 Å². The zero-order valence-electron chi connectivity index (χ0n) is 18.1. The van der Waals surface area contributed by atoms with E-state index in [1.165, 1.54) is 0 Å². The molecule has 0 bridgehead atoms. The maximum Gasteiger partial charge on any atom is 0.251 e. The first-order valence-electron chi connectivity index (χ1n) is 10.9. The maximum absolute atomic E-state index is 12.7. The predicted octanol–water partition coefficient (Wildman–Crippen LogP) is 3.00. The molecular weight excluding hydrogens is 402 g/mol. The van der Waals surface area contributed by atoms with Crippen LogP contribution in [0.2, 0.25) is 0 Å². The molecule has 0 spiro atoms. The van der Waals surface area contributed by atoms with Gasteiger partial charge in [0.05, 0.1) is 0 Å². The van der Waals surface area contributed by atoms with Crippen LogP contribution in [0, 0.1) is 0 Å². The number of nitrogens with one attached hydrogen (secondary N) is 1. The van der Waals surface area contributed by atoms with Crippen LogP contribution in [0.15, 0.2) is 72.9 Å². The van der Waals surface area contributed by atoms with Gasteiger partial charge < -0.3 is 15.1 Å². The minimum atomic E-state index is -0.233. The van der Waals surface area contributed by atoms with Gasteiger partial charge in [0.1, 0.15) is 5.82 Å². The van der Waals surface area contributed by atoms with Gasteiger partial charge in [-0.2, -0.15) is 0 Å². The molecule has 2 heterocycles. The van der Waals surface area contributed by atoms with Crippen LogP contribution in [-0.4, -0.2) is 58.9 Å². The van der Waals surface area contributed by atoms with Gasteiger partial charge in [-0.25, -0.2) is 9.97 Å². The summed E-state index contributed by atoms with van der Waals surface area (Å²) in [6.45, 7) is 4.54. The number of nitrogens with zero attached hydrogens (tertiary/aromatic N) is 4. The van der Waals surface area contributed by atoms with Crippen molar-refractivity contribution >= 4 is 17.6 Å². The van der Waals surface area contributed by atoms with E-state index >= 15 is 0 Å². The lowest BCUT2D eigenvalue weighted by Gasteiger charge is -2.36. The molecule has 1 aliphatic heterocycles. The number of amides is 2. The number of hydrogen-bond acceptors (Lipinski definition) is 5. The van der Waals surface area contributed by atoms with Gasteiger partial charge >= 0.3 is 0 Å². The molecule has 3 aromatic rings. The van der Waals surface area contributed by atoms with Crippen LogP contribution in [-0.2, 0) is 4.79 Å². The molecule has 1 fully saturated rings. The average molecular weight is 430 g/mol. The lowest BCUT2D eigenvalue weighted by molar-refractivity contribution is -0.131. The van der Waals surface area contributed by atoms with E-state index in [1.807, 2.05) is 66.4 Å². The molecule has 0 aliphatic carbocycles. The Hall–Kier alpha value is -3.74. The highest BCUT2D eigenvalue weighted by Gasteiger charge is 2.24. The Kier molecular flexibility index (Phi) is 6.75. The van der Waals surface area contributed by atoms with Crippen molar-refractivity contribution in [2.45, 2.75) is 19.4 Å². The minimum Gasteiger partial charge on any atom is -0.353 e.